The molecule has 0 saturated carbocycles. The minimum Gasteiger partial charge on any atom is -0.487 e. The number of ether oxygens (including phenoxy) is 1. The molecular weight excluding hydrogens is 375 g/mol. The van der Waals surface area contributed by atoms with Gasteiger partial charge in [0.1, 0.15) is 23.7 Å². The number of amides is 1. The number of benzene rings is 1. The van der Waals surface area contributed by atoms with Crippen molar-refractivity contribution in [1.82, 2.24) is 20.1 Å². The van der Waals surface area contributed by atoms with E-state index in [1.54, 1.807) is 31.4 Å². The molecule has 1 amide bonds. The van der Waals surface area contributed by atoms with Gasteiger partial charge in [-0.05, 0) is 44.2 Å². The lowest BCUT2D eigenvalue weighted by Gasteiger charge is -2.22. The van der Waals surface area contributed by atoms with Crippen LogP contribution in [0.4, 0.5) is 4.39 Å². The molecule has 2 aromatic heterocycles. The predicted molar refractivity (Wildman–Crippen MR) is 107 cm³/mol. The highest BCUT2D eigenvalue weighted by Crippen LogP contribution is 2.25. The first kappa shape index (κ1) is 20.7. The molecule has 2 heterocycles. The number of hydrogen-bond acceptors (Lipinski definition) is 5. The van der Waals surface area contributed by atoms with E-state index in [0.29, 0.717) is 29.0 Å². The van der Waals surface area contributed by atoms with Gasteiger partial charge in [-0.25, -0.2) is 4.39 Å². The number of alkyl halides is 1. The number of fused-ring (bicyclic) bond motifs is 1. The third-order valence-electron chi connectivity index (χ3n) is 4.42. The van der Waals surface area contributed by atoms with Crippen LogP contribution in [0.1, 0.15) is 36.5 Å². The van der Waals surface area contributed by atoms with Crippen molar-refractivity contribution in [3.8, 4) is 5.75 Å². The minimum absolute atomic E-state index is 0.00343. The molecule has 3 aromatic rings. The predicted octanol–water partition coefficient (Wildman–Crippen LogP) is 2.78. The van der Waals surface area contributed by atoms with Crippen LogP contribution in [0.5, 0.6) is 5.75 Å². The Kier molecular flexibility index (Phi) is 6.12. The minimum atomic E-state index is -1.51. The van der Waals surface area contributed by atoms with E-state index in [9.17, 15) is 14.3 Å². The molecule has 0 aliphatic rings. The normalized spacial score (nSPS) is 12.7. The van der Waals surface area contributed by atoms with Gasteiger partial charge in [0.2, 0.25) is 0 Å². The van der Waals surface area contributed by atoms with E-state index in [0.717, 1.165) is 5.69 Å². The maximum atomic E-state index is 13.9. The lowest BCUT2D eigenvalue weighted by Crippen LogP contribution is -2.41. The summed E-state index contributed by atoms with van der Waals surface area (Å²) in [5.41, 5.74) is 0.228. The van der Waals surface area contributed by atoms with Crippen molar-refractivity contribution < 1.29 is 19.0 Å². The Morgan fingerprint density at radius 3 is 2.79 bits per heavy atom. The van der Waals surface area contributed by atoms with Gasteiger partial charge in [-0.15, -0.1) is 0 Å². The highest BCUT2D eigenvalue weighted by atomic mass is 19.1. The van der Waals surface area contributed by atoms with E-state index in [1.807, 2.05) is 18.2 Å². The fourth-order valence-electron chi connectivity index (χ4n) is 3.18. The van der Waals surface area contributed by atoms with Gasteiger partial charge in [0.15, 0.2) is 0 Å². The van der Waals surface area contributed by atoms with Gasteiger partial charge in [0, 0.05) is 25.1 Å². The summed E-state index contributed by atoms with van der Waals surface area (Å²) in [5.74, 6) is 0.147. The second kappa shape index (κ2) is 8.57. The number of nitrogens with zero attached hydrogens (tertiary/aromatic N) is 3. The van der Waals surface area contributed by atoms with Gasteiger partial charge in [-0.1, -0.05) is 6.07 Å². The maximum Gasteiger partial charge on any atom is 0.270 e. The van der Waals surface area contributed by atoms with Crippen molar-refractivity contribution in [2.45, 2.75) is 38.6 Å². The summed E-state index contributed by atoms with van der Waals surface area (Å²) in [5, 5.41) is 17.2. The topological polar surface area (TPSA) is 89.3 Å². The maximum absolute atomic E-state index is 13.9. The molecular formula is C21H25FN4O3. The summed E-state index contributed by atoms with van der Waals surface area (Å²) >= 11 is 0. The zero-order valence-electron chi connectivity index (χ0n) is 16.7. The average molecular weight is 400 g/mol. The Balaban J connectivity index is 1.81. The Labute approximate surface area is 168 Å². The number of aliphatic hydroxyl groups is 1. The van der Waals surface area contributed by atoms with E-state index in [1.165, 1.54) is 18.5 Å². The summed E-state index contributed by atoms with van der Waals surface area (Å²) < 4.78 is 21.2. The van der Waals surface area contributed by atoms with Crippen molar-refractivity contribution in [3.63, 3.8) is 0 Å². The summed E-state index contributed by atoms with van der Waals surface area (Å²) in [4.78, 5) is 17.0. The summed E-state index contributed by atoms with van der Waals surface area (Å²) in [7, 11) is 1.66. The zero-order chi connectivity index (χ0) is 21.0. The highest BCUT2D eigenvalue weighted by molar-refractivity contribution is 6.05. The SMILES string of the molecule is Cn1nc2ccc(OCc3ccccn3)cc2c1C(=O)NC(CO)CC(C)(C)F. The van der Waals surface area contributed by atoms with Crippen molar-refractivity contribution in [1.29, 1.82) is 0 Å². The standard InChI is InChI=1S/C21H25FN4O3/c1-21(2,22)11-15(12-27)24-20(28)19-17-10-16(7-8-18(17)25-26(19)3)29-13-14-6-4-5-9-23-14/h4-10,15,27H,11-13H2,1-3H3,(H,24,28). The molecule has 1 aromatic carbocycles. The van der Waals surface area contributed by atoms with Gasteiger partial charge >= 0.3 is 0 Å². The first-order valence-electron chi connectivity index (χ1n) is 9.37. The molecule has 154 valence electrons. The Morgan fingerprint density at radius 1 is 1.34 bits per heavy atom. The number of aromatic nitrogens is 3. The Bertz CT molecular complexity index is 983. The molecule has 29 heavy (non-hydrogen) atoms. The number of aliphatic hydroxyl groups excluding tert-OH is 1. The number of halogens is 1. The number of hydrogen-bond donors (Lipinski definition) is 2. The van der Waals surface area contributed by atoms with Crippen LogP contribution in [-0.2, 0) is 13.7 Å². The summed E-state index contributed by atoms with van der Waals surface area (Å²) in [6, 6.07) is 10.2. The third-order valence-corrected chi connectivity index (χ3v) is 4.42. The number of carbonyl (C=O) groups excluding carboxylic acids is 1. The van der Waals surface area contributed by atoms with Gasteiger partial charge in [-0.2, -0.15) is 5.10 Å². The number of aryl methyl sites for hydroxylation is 1. The van der Waals surface area contributed by atoms with Crippen LogP contribution in [0.25, 0.3) is 10.9 Å². The Morgan fingerprint density at radius 2 is 2.14 bits per heavy atom. The quantitative estimate of drug-likeness (QED) is 0.607. The van der Waals surface area contributed by atoms with Gasteiger partial charge < -0.3 is 15.2 Å². The lowest BCUT2D eigenvalue weighted by atomic mass is 10.0. The first-order valence-corrected chi connectivity index (χ1v) is 9.37. The number of pyridine rings is 1. The molecule has 1 unspecified atom stereocenters. The van der Waals surface area contributed by atoms with E-state index in [4.69, 9.17) is 4.74 Å². The molecule has 7 nitrogen and oxygen atoms in total. The van der Waals surface area contributed by atoms with Crippen molar-refractivity contribution in [2.24, 2.45) is 7.05 Å². The van der Waals surface area contributed by atoms with Crippen LogP contribution < -0.4 is 10.1 Å². The van der Waals surface area contributed by atoms with Crippen molar-refractivity contribution in [3.05, 3.63) is 54.0 Å². The summed E-state index contributed by atoms with van der Waals surface area (Å²) in [6.07, 6.45) is 1.70. The number of carbonyl (C=O) groups is 1. The van der Waals surface area contributed by atoms with E-state index in [-0.39, 0.29) is 13.0 Å². The van der Waals surface area contributed by atoms with Crippen molar-refractivity contribution in [2.75, 3.05) is 6.61 Å². The molecule has 0 saturated heterocycles. The van der Waals surface area contributed by atoms with E-state index in [2.05, 4.69) is 15.4 Å². The summed E-state index contributed by atoms with van der Waals surface area (Å²) in [6.45, 7) is 2.76. The smallest absolute Gasteiger partial charge is 0.270 e. The third kappa shape index (κ3) is 5.29. The number of rotatable bonds is 8. The monoisotopic (exact) mass is 400 g/mol. The fourth-order valence-corrected chi connectivity index (χ4v) is 3.18. The molecule has 0 radical (unpaired) electrons. The van der Waals surface area contributed by atoms with Gasteiger partial charge in [0.05, 0.1) is 23.9 Å². The first-order chi connectivity index (χ1) is 13.8. The number of nitrogens with one attached hydrogen (secondary N) is 1. The Hall–Kier alpha value is -3.00. The van der Waals surface area contributed by atoms with Crippen LogP contribution in [0.2, 0.25) is 0 Å². The van der Waals surface area contributed by atoms with Crippen LogP contribution >= 0.6 is 0 Å². The second-order valence-corrected chi connectivity index (χ2v) is 7.54. The van der Waals surface area contributed by atoms with E-state index >= 15 is 0 Å². The van der Waals surface area contributed by atoms with Crippen LogP contribution in [0.15, 0.2) is 42.6 Å². The molecule has 0 fully saturated rings. The molecule has 0 spiro atoms. The van der Waals surface area contributed by atoms with Gasteiger partial charge in [-0.3, -0.25) is 14.5 Å². The largest absolute Gasteiger partial charge is 0.487 e. The second-order valence-electron chi connectivity index (χ2n) is 7.54. The highest BCUT2D eigenvalue weighted by Gasteiger charge is 2.25. The molecule has 0 aliphatic heterocycles. The molecule has 1 atom stereocenters. The van der Waals surface area contributed by atoms with E-state index < -0.39 is 17.6 Å². The van der Waals surface area contributed by atoms with Crippen LogP contribution in [0, 0.1) is 0 Å². The molecule has 8 heteroatoms. The van der Waals surface area contributed by atoms with Crippen LogP contribution in [0.3, 0.4) is 0 Å². The zero-order valence-corrected chi connectivity index (χ0v) is 16.7. The average Bonchev–Trinajstić information content (AvgIpc) is 3.00. The molecule has 0 aliphatic carbocycles. The fraction of sp³-hybridized carbons (Fsp3) is 0.381. The van der Waals surface area contributed by atoms with Crippen molar-refractivity contribution >= 4 is 16.8 Å². The molecule has 0 bridgehead atoms. The molecule has 3 rings (SSSR count). The molecule has 2 N–H and O–H groups in total. The van der Waals surface area contributed by atoms with Crippen LogP contribution in [-0.4, -0.2) is 44.1 Å². The lowest BCUT2D eigenvalue weighted by molar-refractivity contribution is 0.0866. The van der Waals surface area contributed by atoms with Gasteiger partial charge in [0.25, 0.3) is 5.91 Å².